The number of hydrogen-bond donors (Lipinski definition) is 0. The van der Waals surface area contributed by atoms with E-state index >= 15 is 0 Å². The van der Waals surface area contributed by atoms with Gasteiger partial charge in [0.2, 0.25) is 0 Å². The van der Waals surface area contributed by atoms with Gasteiger partial charge in [-0.1, -0.05) is 11.6 Å². The Hall–Kier alpha value is -2.03. The van der Waals surface area contributed by atoms with Gasteiger partial charge < -0.3 is 0 Å². The van der Waals surface area contributed by atoms with Crippen LogP contribution in [0, 0.1) is 18.6 Å². The summed E-state index contributed by atoms with van der Waals surface area (Å²) < 4.78 is 27.2. The van der Waals surface area contributed by atoms with E-state index in [0.29, 0.717) is 11.8 Å². The number of rotatable bonds is 2. The van der Waals surface area contributed by atoms with Gasteiger partial charge in [0.1, 0.15) is 17.9 Å². The van der Waals surface area contributed by atoms with Crippen molar-refractivity contribution >= 4 is 6.29 Å². The Bertz CT molecular complexity index is 576. The van der Waals surface area contributed by atoms with Crippen LogP contribution in [0.3, 0.4) is 0 Å². The first-order valence-corrected chi connectivity index (χ1v) is 5.13. The molecule has 0 bridgehead atoms. The number of aldehydes is 1. The van der Waals surface area contributed by atoms with E-state index in [0.717, 1.165) is 5.56 Å². The first-order valence-electron chi connectivity index (χ1n) is 5.13. The summed E-state index contributed by atoms with van der Waals surface area (Å²) in [4.78, 5) is 10.6. The minimum absolute atomic E-state index is 0.107. The molecule has 0 saturated heterocycles. The minimum Gasteiger partial charge on any atom is -0.298 e. The molecule has 0 aliphatic carbocycles. The zero-order chi connectivity index (χ0) is 12.4. The van der Waals surface area contributed by atoms with Crippen LogP contribution >= 0.6 is 0 Å². The molecule has 0 amide bonds. The molecule has 0 aliphatic rings. The third-order valence-corrected chi connectivity index (χ3v) is 2.54. The zero-order valence-electron chi connectivity index (χ0n) is 9.21. The van der Waals surface area contributed by atoms with Crippen molar-refractivity contribution in [2.24, 2.45) is 0 Å². The van der Waals surface area contributed by atoms with Gasteiger partial charge in [-0.15, -0.1) is 0 Å². The van der Waals surface area contributed by atoms with Gasteiger partial charge in [-0.25, -0.2) is 8.78 Å². The van der Waals surface area contributed by atoms with Crippen LogP contribution in [0.25, 0.3) is 11.1 Å². The predicted octanol–water partition coefficient (Wildman–Crippen LogP) is 3.75. The smallest absolute Gasteiger partial charge is 0.150 e. The second-order valence-electron chi connectivity index (χ2n) is 3.84. The van der Waals surface area contributed by atoms with Gasteiger partial charge in [0.15, 0.2) is 0 Å². The number of halogens is 2. The van der Waals surface area contributed by atoms with E-state index in [1.165, 1.54) is 24.3 Å². The Morgan fingerprint density at radius 3 is 2.18 bits per heavy atom. The third-order valence-electron chi connectivity index (χ3n) is 2.54. The molecule has 0 atom stereocenters. The predicted molar refractivity (Wildman–Crippen MR) is 61.9 cm³/mol. The maximum absolute atomic E-state index is 13.6. The third kappa shape index (κ3) is 2.23. The van der Waals surface area contributed by atoms with Crippen LogP contribution in [-0.4, -0.2) is 6.29 Å². The molecule has 1 nitrogen and oxygen atoms in total. The lowest BCUT2D eigenvalue weighted by molar-refractivity contribution is 0.112. The van der Waals surface area contributed by atoms with Crippen LogP contribution < -0.4 is 0 Å². The second kappa shape index (κ2) is 4.45. The summed E-state index contributed by atoms with van der Waals surface area (Å²) in [5, 5.41) is 0. The van der Waals surface area contributed by atoms with Gasteiger partial charge in [0.05, 0.1) is 0 Å². The summed E-state index contributed by atoms with van der Waals surface area (Å²) >= 11 is 0. The summed E-state index contributed by atoms with van der Waals surface area (Å²) in [6.45, 7) is 1.80. The molecule has 0 unspecified atom stereocenters. The van der Waals surface area contributed by atoms with Crippen molar-refractivity contribution in [3.05, 3.63) is 59.2 Å². The molecule has 17 heavy (non-hydrogen) atoms. The number of carbonyl (C=O) groups is 1. The van der Waals surface area contributed by atoms with Crippen LogP contribution in [0.5, 0.6) is 0 Å². The number of aryl methyl sites for hydroxylation is 1. The highest BCUT2D eigenvalue weighted by Crippen LogP contribution is 2.27. The lowest BCUT2D eigenvalue weighted by Gasteiger charge is -2.07. The molecular formula is C14H10F2O. The summed E-state index contributed by atoms with van der Waals surface area (Å²) in [6.07, 6.45) is 0.608. The monoisotopic (exact) mass is 232 g/mol. The summed E-state index contributed by atoms with van der Waals surface area (Å²) in [5.41, 5.74) is 1.43. The number of carbonyl (C=O) groups excluding carboxylic acids is 1. The Morgan fingerprint density at radius 1 is 0.941 bits per heavy atom. The normalized spacial score (nSPS) is 10.3. The quantitative estimate of drug-likeness (QED) is 0.720. The molecule has 2 aromatic rings. The molecule has 0 fully saturated rings. The average molecular weight is 232 g/mol. The van der Waals surface area contributed by atoms with Crippen LogP contribution in [0.4, 0.5) is 8.78 Å². The fourth-order valence-electron chi connectivity index (χ4n) is 1.67. The molecule has 0 radical (unpaired) electrons. The summed E-state index contributed by atoms with van der Waals surface area (Å²) in [7, 11) is 0. The molecule has 2 rings (SSSR count). The zero-order valence-corrected chi connectivity index (χ0v) is 9.21. The maximum atomic E-state index is 13.6. The van der Waals surface area contributed by atoms with E-state index in [1.807, 2.05) is 0 Å². The van der Waals surface area contributed by atoms with Crippen molar-refractivity contribution in [2.75, 3.05) is 0 Å². The Kier molecular flexibility index (Phi) is 3.00. The second-order valence-corrected chi connectivity index (χ2v) is 3.84. The van der Waals surface area contributed by atoms with Crippen LogP contribution in [-0.2, 0) is 0 Å². The topological polar surface area (TPSA) is 17.1 Å². The Balaban J connectivity index is 2.66. The lowest BCUT2D eigenvalue weighted by atomic mass is 10.0. The van der Waals surface area contributed by atoms with Gasteiger partial charge in [-0.2, -0.15) is 0 Å². The van der Waals surface area contributed by atoms with Gasteiger partial charge >= 0.3 is 0 Å². The first-order chi connectivity index (χ1) is 8.11. The highest BCUT2D eigenvalue weighted by atomic mass is 19.1. The van der Waals surface area contributed by atoms with Gasteiger partial charge in [-0.05, 0) is 37.3 Å². The van der Waals surface area contributed by atoms with E-state index in [9.17, 15) is 13.6 Å². The van der Waals surface area contributed by atoms with Gasteiger partial charge in [0.25, 0.3) is 0 Å². The van der Waals surface area contributed by atoms with Crippen LogP contribution in [0.15, 0.2) is 36.4 Å². The summed E-state index contributed by atoms with van der Waals surface area (Å²) in [5.74, 6) is -1.04. The molecule has 86 valence electrons. The van der Waals surface area contributed by atoms with E-state index < -0.39 is 11.6 Å². The fraction of sp³-hybridized carbons (Fsp3) is 0.0714. The van der Waals surface area contributed by atoms with E-state index in [-0.39, 0.29) is 11.1 Å². The summed E-state index contributed by atoms with van der Waals surface area (Å²) in [6, 6.07) is 8.33. The van der Waals surface area contributed by atoms with E-state index in [4.69, 9.17) is 0 Å². The molecule has 0 aliphatic heterocycles. The number of hydrogen-bond acceptors (Lipinski definition) is 1. The molecule has 2 aromatic carbocycles. The van der Waals surface area contributed by atoms with Gasteiger partial charge in [-0.3, -0.25) is 4.79 Å². The molecule has 3 heteroatoms. The van der Waals surface area contributed by atoms with Crippen LogP contribution in [0.1, 0.15) is 15.9 Å². The molecule has 0 spiro atoms. The molecule has 0 N–H and O–H groups in total. The van der Waals surface area contributed by atoms with Crippen molar-refractivity contribution in [1.82, 2.24) is 0 Å². The van der Waals surface area contributed by atoms with Crippen molar-refractivity contribution in [2.45, 2.75) is 6.92 Å². The Morgan fingerprint density at radius 2 is 1.53 bits per heavy atom. The molecular weight excluding hydrogens is 222 g/mol. The first kappa shape index (κ1) is 11.5. The Labute approximate surface area is 97.7 Å². The highest BCUT2D eigenvalue weighted by molar-refractivity contribution is 5.79. The largest absolute Gasteiger partial charge is 0.298 e. The van der Waals surface area contributed by atoms with Crippen molar-refractivity contribution < 1.29 is 13.6 Å². The lowest BCUT2D eigenvalue weighted by Crippen LogP contribution is -1.92. The van der Waals surface area contributed by atoms with Crippen LogP contribution in [0.2, 0.25) is 0 Å². The van der Waals surface area contributed by atoms with Crippen molar-refractivity contribution in [3.63, 3.8) is 0 Å². The van der Waals surface area contributed by atoms with E-state index in [1.54, 1.807) is 19.1 Å². The molecule has 0 heterocycles. The maximum Gasteiger partial charge on any atom is 0.150 e. The van der Waals surface area contributed by atoms with Crippen molar-refractivity contribution in [3.8, 4) is 11.1 Å². The highest BCUT2D eigenvalue weighted by Gasteiger charge is 2.11. The number of benzene rings is 2. The molecule has 0 saturated carbocycles. The average Bonchev–Trinajstić information content (AvgIpc) is 2.33. The standard InChI is InChI=1S/C14H10F2O/c1-9-2-4-13(15)11(6-9)12-7-10(8-17)3-5-14(12)16/h2-8H,1H3. The fourth-order valence-corrected chi connectivity index (χ4v) is 1.67. The molecule has 0 aromatic heterocycles. The van der Waals surface area contributed by atoms with E-state index in [2.05, 4.69) is 0 Å². The minimum atomic E-state index is -0.542. The van der Waals surface area contributed by atoms with Gasteiger partial charge in [0, 0.05) is 16.7 Å². The van der Waals surface area contributed by atoms with Crippen molar-refractivity contribution in [1.29, 1.82) is 0 Å². The SMILES string of the molecule is Cc1ccc(F)c(-c2cc(C=O)ccc2F)c1.